The van der Waals surface area contributed by atoms with Crippen molar-refractivity contribution < 1.29 is 14.3 Å². The van der Waals surface area contributed by atoms with Crippen LogP contribution in [0, 0.1) is 0 Å². The second-order valence-electron chi connectivity index (χ2n) is 7.38. The molecule has 2 aromatic carbocycles. The molecule has 0 aliphatic carbocycles. The molecule has 0 atom stereocenters. The fraction of sp³-hybridized carbons (Fsp3) is 0.391. The van der Waals surface area contributed by atoms with Gasteiger partial charge in [-0.15, -0.1) is 0 Å². The van der Waals surface area contributed by atoms with E-state index in [1.54, 1.807) is 24.3 Å². The first-order valence-electron chi connectivity index (χ1n) is 10.3. The number of benzene rings is 2. The third kappa shape index (κ3) is 6.75. The Bertz CT molecular complexity index is 832. The molecule has 2 N–H and O–H groups in total. The summed E-state index contributed by atoms with van der Waals surface area (Å²) in [5, 5.41) is 6.44. The number of hydrogen-bond donors (Lipinski definition) is 2. The summed E-state index contributed by atoms with van der Waals surface area (Å²) in [6.07, 6.45) is 1.79. The van der Waals surface area contributed by atoms with E-state index in [2.05, 4.69) is 15.5 Å². The monoisotopic (exact) mass is 429 g/mol. The van der Waals surface area contributed by atoms with E-state index >= 15 is 0 Å². The molecule has 6 nitrogen and oxygen atoms in total. The number of halogens is 1. The Morgan fingerprint density at radius 3 is 2.37 bits per heavy atom. The van der Waals surface area contributed by atoms with E-state index in [0.29, 0.717) is 17.9 Å². The van der Waals surface area contributed by atoms with Gasteiger partial charge in [-0.05, 0) is 61.7 Å². The standard InChI is InChI=1S/C23H28ClN3O3/c1-2-30-21-9-5-18(6-10-21)23(29)25-15-22(28)26-20-11-13-27(14-12-20)16-17-3-7-19(24)8-4-17/h3-10,20H,2,11-16H2,1H3,(H,25,29)(H,26,28). The van der Waals surface area contributed by atoms with Crippen molar-refractivity contribution in [2.24, 2.45) is 0 Å². The van der Waals surface area contributed by atoms with Crippen LogP contribution in [0.4, 0.5) is 0 Å². The molecular formula is C23H28ClN3O3. The Morgan fingerprint density at radius 1 is 1.07 bits per heavy atom. The SMILES string of the molecule is CCOc1ccc(C(=O)NCC(=O)NC2CCN(Cc3ccc(Cl)cc3)CC2)cc1. The molecule has 2 aromatic rings. The van der Waals surface area contributed by atoms with Crippen molar-refractivity contribution >= 4 is 23.4 Å². The van der Waals surface area contributed by atoms with Gasteiger partial charge in [-0.1, -0.05) is 23.7 Å². The number of amides is 2. The fourth-order valence-electron chi connectivity index (χ4n) is 3.49. The molecule has 0 spiro atoms. The van der Waals surface area contributed by atoms with E-state index in [4.69, 9.17) is 16.3 Å². The summed E-state index contributed by atoms with van der Waals surface area (Å²) < 4.78 is 5.36. The van der Waals surface area contributed by atoms with Crippen LogP contribution in [-0.2, 0) is 11.3 Å². The minimum absolute atomic E-state index is 0.0307. The lowest BCUT2D eigenvalue weighted by Crippen LogP contribution is -2.47. The molecule has 3 rings (SSSR count). The maximum Gasteiger partial charge on any atom is 0.251 e. The number of carbonyl (C=O) groups is 2. The molecule has 1 heterocycles. The molecule has 1 saturated heterocycles. The summed E-state index contributed by atoms with van der Waals surface area (Å²) in [6.45, 7) is 5.18. The van der Waals surface area contributed by atoms with Gasteiger partial charge in [0.1, 0.15) is 5.75 Å². The molecule has 0 unspecified atom stereocenters. The number of ether oxygens (including phenoxy) is 1. The van der Waals surface area contributed by atoms with Crippen molar-refractivity contribution in [3.63, 3.8) is 0 Å². The van der Waals surface area contributed by atoms with Gasteiger partial charge in [-0.25, -0.2) is 0 Å². The van der Waals surface area contributed by atoms with Crippen LogP contribution in [0.15, 0.2) is 48.5 Å². The number of nitrogens with zero attached hydrogens (tertiary/aromatic N) is 1. The topological polar surface area (TPSA) is 70.7 Å². The first-order chi connectivity index (χ1) is 14.5. The lowest BCUT2D eigenvalue weighted by atomic mass is 10.0. The minimum atomic E-state index is -0.272. The molecule has 0 aromatic heterocycles. The summed E-state index contributed by atoms with van der Waals surface area (Å²) in [5.74, 6) is 0.283. The molecule has 160 valence electrons. The highest BCUT2D eigenvalue weighted by Gasteiger charge is 2.21. The molecular weight excluding hydrogens is 402 g/mol. The second-order valence-corrected chi connectivity index (χ2v) is 7.82. The van der Waals surface area contributed by atoms with E-state index in [9.17, 15) is 9.59 Å². The molecule has 1 aliphatic heterocycles. The highest BCUT2D eigenvalue weighted by molar-refractivity contribution is 6.30. The lowest BCUT2D eigenvalue weighted by Gasteiger charge is -2.32. The molecule has 0 bridgehead atoms. The van der Waals surface area contributed by atoms with E-state index < -0.39 is 0 Å². The first-order valence-corrected chi connectivity index (χ1v) is 10.7. The van der Waals surface area contributed by atoms with Crippen LogP contribution >= 0.6 is 11.6 Å². The van der Waals surface area contributed by atoms with Gasteiger partial charge in [0.05, 0.1) is 13.2 Å². The van der Waals surface area contributed by atoms with Crippen LogP contribution in [0.1, 0.15) is 35.7 Å². The summed E-state index contributed by atoms with van der Waals surface area (Å²) in [5.41, 5.74) is 1.74. The zero-order chi connectivity index (χ0) is 21.3. The number of likely N-dealkylation sites (tertiary alicyclic amines) is 1. The Labute approximate surface area is 182 Å². The highest BCUT2D eigenvalue weighted by Crippen LogP contribution is 2.16. The van der Waals surface area contributed by atoms with E-state index in [0.717, 1.165) is 37.5 Å². The number of rotatable bonds is 8. The van der Waals surface area contributed by atoms with Gasteiger partial charge in [0.2, 0.25) is 5.91 Å². The predicted molar refractivity (Wildman–Crippen MR) is 118 cm³/mol. The first kappa shape index (κ1) is 22.1. The Balaban J connectivity index is 1.36. The molecule has 0 radical (unpaired) electrons. The van der Waals surface area contributed by atoms with Gasteiger partial charge < -0.3 is 15.4 Å². The zero-order valence-electron chi connectivity index (χ0n) is 17.2. The van der Waals surface area contributed by atoms with Gasteiger partial charge in [0, 0.05) is 36.3 Å². The van der Waals surface area contributed by atoms with Crippen LogP contribution in [-0.4, -0.2) is 49.0 Å². The van der Waals surface area contributed by atoms with Gasteiger partial charge in [-0.2, -0.15) is 0 Å². The smallest absolute Gasteiger partial charge is 0.251 e. The summed E-state index contributed by atoms with van der Waals surface area (Å²) in [4.78, 5) is 26.8. The van der Waals surface area contributed by atoms with Crippen LogP contribution in [0.3, 0.4) is 0 Å². The average molecular weight is 430 g/mol. The normalized spacial score (nSPS) is 14.9. The molecule has 2 amide bonds. The maximum atomic E-state index is 12.2. The number of piperidine rings is 1. The van der Waals surface area contributed by atoms with Gasteiger partial charge in [0.25, 0.3) is 5.91 Å². The summed E-state index contributed by atoms with van der Waals surface area (Å²) >= 11 is 5.93. The van der Waals surface area contributed by atoms with Crippen LogP contribution in [0.25, 0.3) is 0 Å². The van der Waals surface area contributed by atoms with E-state index in [1.165, 1.54) is 5.56 Å². The van der Waals surface area contributed by atoms with E-state index in [1.807, 2.05) is 31.2 Å². The van der Waals surface area contributed by atoms with Crippen LogP contribution < -0.4 is 15.4 Å². The maximum absolute atomic E-state index is 12.2. The minimum Gasteiger partial charge on any atom is -0.494 e. The number of hydrogen-bond acceptors (Lipinski definition) is 4. The largest absolute Gasteiger partial charge is 0.494 e. The van der Waals surface area contributed by atoms with Crippen LogP contribution in [0.5, 0.6) is 5.75 Å². The molecule has 1 fully saturated rings. The van der Waals surface area contributed by atoms with Gasteiger partial charge >= 0.3 is 0 Å². The quantitative estimate of drug-likeness (QED) is 0.675. The third-order valence-electron chi connectivity index (χ3n) is 5.11. The van der Waals surface area contributed by atoms with Crippen LogP contribution in [0.2, 0.25) is 5.02 Å². The summed E-state index contributed by atoms with van der Waals surface area (Å²) in [6, 6.07) is 14.9. The number of carbonyl (C=O) groups excluding carboxylic acids is 2. The zero-order valence-corrected chi connectivity index (χ0v) is 18.0. The van der Waals surface area contributed by atoms with Crippen molar-refractivity contribution in [3.05, 3.63) is 64.7 Å². The molecule has 0 saturated carbocycles. The van der Waals surface area contributed by atoms with E-state index in [-0.39, 0.29) is 24.4 Å². The Morgan fingerprint density at radius 2 is 1.73 bits per heavy atom. The van der Waals surface area contributed by atoms with Crippen molar-refractivity contribution in [2.45, 2.75) is 32.4 Å². The van der Waals surface area contributed by atoms with Crippen molar-refractivity contribution in [1.29, 1.82) is 0 Å². The van der Waals surface area contributed by atoms with Crippen molar-refractivity contribution in [3.8, 4) is 5.75 Å². The molecule has 7 heteroatoms. The van der Waals surface area contributed by atoms with Gasteiger partial charge in [0.15, 0.2) is 0 Å². The highest BCUT2D eigenvalue weighted by atomic mass is 35.5. The summed E-state index contributed by atoms with van der Waals surface area (Å²) in [7, 11) is 0. The second kappa shape index (κ2) is 11.0. The van der Waals surface area contributed by atoms with Gasteiger partial charge in [-0.3, -0.25) is 14.5 Å². The average Bonchev–Trinajstić information content (AvgIpc) is 2.76. The Hall–Kier alpha value is -2.57. The third-order valence-corrected chi connectivity index (χ3v) is 5.36. The lowest BCUT2D eigenvalue weighted by molar-refractivity contribution is -0.121. The molecule has 1 aliphatic rings. The molecule has 30 heavy (non-hydrogen) atoms. The van der Waals surface area contributed by atoms with Crippen molar-refractivity contribution in [2.75, 3.05) is 26.2 Å². The Kier molecular flexibility index (Phi) is 8.11. The predicted octanol–water partition coefficient (Wildman–Crippen LogP) is 3.25. The van der Waals surface area contributed by atoms with Crippen molar-refractivity contribution in [1.82, 2.24) is 15.5 Å². The fourth-order valence-corrected chi connectivity index (χ4v) is 3.62. The number of nitrogens with one attached hydrogen (secondary N) is 2.